The second-order valence-corrected chi connectivity index (χ2v) is 9.68. The number of nitrogens with zero attached hydrogens (tertiary/aromatic N) is 1. The third-order valence-electron chi connectivity index (χ3n) is 2.96. The third-order valence-corrected chi connectivity index (χ3v) is 7.61. The summed E-state index contributed by atoms with van der Waals surface area (Å²) >= 11 is 3.25. The molecule has 0 aliphatic carbocycles. The number of hydrogen-bond acceptors (Lipinski definition) is 4. The van der Waals surface area contributed by atoms with Crippen LogP contribution in [0.25, 0.3) is 0 Å². The largest absolute Gasteiger partial charge is 0.229 e. The minimum absolute atomic E-state index is 0.0107. The maximum atomic E-state index is 12.1. The highest BCUT2D eigenvalue weighted by molar-refractivity contribution is 9.09. The standard InChI is InChI=1S/C9H18BrNO4S2/c1-11(6-2-5-10)17(14,15)9-3-7-16(12,13)8-4-9/h9H,2-8H2,1H3. The van der Waals surface area contributed by atoms with Gasteiger partial charge in [0, 0.05) is 18.9 Å². The highest BCUT2D eigenvalue weighted by atomic mass is 79.9. The number of sulfone groups is 1. The van der Waals surface area contributed by atoms with Gasteiger partial charge in [-0.15, -0.1) is 0 Å². The molecule has 0 aromatic heterocycles. The molecule has 0 atom stereocenters. The van der Waals surface area contributed by atoms with Crippen molar-refractivity contribution in [2.75, 3.05) is 30.4 Å². The molecule has 0 N–H and O–H groups in total. The third kappa shape index (κ3) is 4.18. The van der Waals surface area contributed by atoms with E-state index in [0.29, 0.717) is 6.54 Å². The van der Waals surface area contributed by atoms with E-state index in [1.165, 1.54) is 4.31 Å². The average molecular weight is 348 g/mol. The Labute approximate surface area is 112 Å². The first-order valence-corrected chi connectivity index (χ1v) is 9.96. The summed E-state index contributed by atoms with van der Waals surface area (Å²) in [6, 6.07) is 0. The fourth-order valence-corrected chi connectivity index (χ4v) is 5.59. The Morgan fingerprint density at radius 2 is 1.82 bits per heavy atom. The molecule has 0 aromatic carbocycles. The Kier molecular flexibility index (Phi) is 5.42. The lowest BCUT2D eigenvalue weighted by Crippen LogP contribution is -2.41. The number of halogens is 1. The summed E-state index contributed by atoms with van der Waals surface area (Å²) in [6.07, 6.45) is 1.20. The van der Waals surface area contributed by atoms with Crippen molar-refractivity contribution in [1.29, 1.82) is 0 Å². The summed E-state index contributed by atoms with van der Waals surface area (Å²) < 4.78 is 48.1. The minimum atomic E-state index is -3.34. The fraction of sp³-hybridized carbons (Fsp3) is 1.00. The van der Waals surface area contributed by atoms with Crippen molar-refractivity contribution < 1.29 is 16.8 Å². The molecule has 1 aliphatic heterocycles. The van der Waals surface area contributed by atoms with Gasteiger partial charge in [-0.05, 0) is 19.3 Å². The molecule has 8 heteroatoms. The van der Waals surface area contributed by atoms with Crippen molar-refractivity contribution in [2.45, 2.75) is 24.5 Å². The summed E-state index contributed by atoms with van der Waals surface area (Å²) in [5.41, 5.74) is 0. The van der Waals surface area contributed by atoms with E-state index in [2.05, 4.69) is 15.9 Å². The van der Waals surface area contributed by atoms with Gasteiger partial charge < -0.3 is 0 Å². The maximum absolute atomic E-state index is 12.1. The van der Waals surface area contributed by atoms with Crippen molar-refractivity contribution >= 4 is 35.8 Å². The van der Waals surface area contributed by atoms with E-state index in [-0.39, 0.29) is 24.3 Å². The molecule has 1 saturated heterocycles. The van der Waals surface area contributed by atoms with Crippen LogP contribution in [0.1, 0.15) is 19.3 Å². The molecule has 0 aromatic rings. The van der Waals surface area contributed by atoms with Crippen molar-refractivity contribution in [3.63, 3.8) is 0 Å². The lowest BCUT2D eigenvalue weighted by atomic mass is 10.2. The highest BCUT2D eigenvalue weighted by Gasteiger charge is 2.34. The van der Waals surface area contributed by atoms with E-state index in [9.17, 15) is 16.8 Å². The van der Waals surface area contributed by atoms with E-state index < -0.39 is 25.1 Å². The summed E-state index contributed by atoms with van der Waals surface area (Å²) in [5, 5.41) is 0.220. The monoisotopic (exact) mass is 347 g/mol. The van der Waals surface area contributed by atoms with Gasteiger partial charge in [0.25, 0.3) is 0 Å². The molecular weight excluding hydrogens is 330 g/mol. The first-order chi connectivity index (χ1) is 7.79. The maximum Gasteiger partial charge on any atom is 0.216 e. The van der Waals surface area contributed by atoms with Gasteiger partial charge in [-0.25, -0.2) is 21.1 Å². The van der Waals surface area contributed by atoms with E-state index in [1.54, 1.807) is 7.05 Å². The van der Waals surface area contributed by atoms with Crippen molar-refractivity contribution in [3.8, 4) is 0 Å². The summed E-state index contributed by atoms with van der Waals surface area (Å²) in [6.45, 7) is 0.469. The van der Waals surface area contributed by atoms with Gasteiger partial charge in [-0.1, -0.05) is 15.9 Å². The summed E-state index contributed by atoms with van der Waals surface area (Å²) in [7, 11) is -4.79. The van der Waals surface area contributed by atoms with Crippen LogP contribution < -0.4 is 0 Å². The lowest BCUT2D eigenvalue weighted by Gasteiger charge is -2.26. The Morgan fingerprint density at radius 1 is 1.29 bits per heavy atom. The predicted octanol–water partition coefficient (Wildman–Crippen LogP) is 0.610. The van der Waals surface area contributed by atoms with Crippen LogP contribution in [-0.2, 0) is 19.9 Å². The van der Waals surface area contributed by atoms with Crippen molar-refractivity contribution in [1.82, 2.24) is 4.31 Å². The SMILES string of the molecule is CN(CCCBr)S(=O)(=O)C1CCS(=O)(=O)CC1. The van der Waals surface area contributed by atoms with Crippen LogP contribution in [0.3, 0.4) is 0 Å². The zero-order chi connectivity index (χ0) is 13.1. The molecule has 17 heavy (non-hydrogen) atoms. The Bertz CT molecular complexity index is 432. The topological polar surface area (TPSA) is 71.5 Å². The van der Waals surface area contributed by atoms with Crippen LogP contribution in [0.15, 0.2) is 0 Å². The normalized spacial score (nSPS) is 21.8. The van der Waals surface area contributed by atoms with Gasteiger partial charge in [-0.3, -0.25) is 0 Å². The van der Waals surface area contributed by atoms with Crippen LogP contribution in [0.5, 0.6) is 0 Å². The quantitative estimate of drug-likeness (QED) is 0.683. The highest BCUT2D eigenvalue weighted by Crippen LogP contribution is 2.21. The average Bonchev–Trinajstić information content (AvgIpc) is 2.25. The van der Waals surface area contributed by atoms with Crippen LogP contribution in [0.2, 0.25) is 0 Å². The van der Waals surface area contributed by atoms with E-state index >= 15 is 0 Å². The fourth-order valence-electron chi connectivity index (χ4n) is 1.83. The van der Waals surface area contributed by atoms with Crippen LogP contribution >= 0.6 is 15.9 Å². The Hall–Kier alpha value is 0.340. The molecule has 5 nitrogen and oxygen atoms in total. The van der Waals surface area contributed by atoms with Gasteiger partial charge in [0.2, 0.25) is 10.0 Å². The second-order valence-electron chi connectivity index (χ2n) is 4.26. The van der Waals surface area contributed by atoms with Crippen LogP contribution in [0.4, 0.5) is 0 Å². The molecule has 1 heterocycles. The van der Waals surface area contributed by atoms with Gasteiger partial charge in [0.05, 0.1) is 16.8 Å². The molecule has 0 amide bonds. The van der Waals surface area contributed by atoms with Crippen LogP contribution in [0, 0.1) is 0 Å². The Morgan fingerprint density at radius 3 is 2.29 bits per heavy atom. The van der Waals surface area contributed by atoms with Gasteiger partial charge in [0.1, 0.15) is 9.84 Å². The molecular formula is C9H18BrNO4S2. The molecule has 1 rings (SSSR count). The van der Waals surface area contributed by atoms with Crippen LogP contribution in [-0.4, -0.2) is 56.8 Å². The number of hydrogen-bond donors (Lipinski definition) is 0. The minimum Gasteiger partial charge on any atom is -0.229 e. The van der Waals surface area contributed by atoms with Gasteiger partial charge in [-0.2, -0.15) is 0 Å². The molecule has 1 aliphatic rings. The number of rotatable bonds is 5. The van der Waals surface area contributed by atoms with E-state index in [4.69, 9.17) is 0 Å². The zero-order valence-corrected chi connectivity index (χ0v) is 13.0. The molecule has 1 fully saturated rings. The molecule has 0 bridgehead atoms. The van der Waals surface area contributed by atoms with Crippen molar-refractivity contribution in [2.24, 2.45) is 0 Å². The van der Waals surface area contributed by atoms with Gasteiger partial charge in [0.15, 0.2) is 0 Å². The predicted molar refractivity (Wildman–Crippen MR) is 71.6 cm³/mol. The number of sulfonamides is 1. The van der Waals surface area contributed by atoms with E-state index in [0.717, 1.165) is 11.8 Å². The molecule has 0 radical (unpaired) electrons. The molecule has 0 saturated carbocycles. The lowest BCUT2D eigenvalue weighted by molar-refractivity contribution is 0.452. The molecule has 0 unspecified atom stereocenters. The first-order valence-electron chi connectivity index (χ1n) is 5.51. The van der Waals surface area contributed by atoms with Crippen molar-refractivity contribution in [3.05, 3.63) is 0 Å². The van der Waals surface area contributed by atoms with E-state index in [1.807, 2.05) is 0 Å². The number of alkyl halides is 1. The smallest absolute Gasteiger partial charge is 0.216 e. The first kappa shape index (κ1) is 15.4. The summed E-state index contributed by atoms with van der Waals surface area (Å²) in [5.74, 6) is -0.0215. The Balaban J connectivity index is 2.66. The zero-order valence-electron chi connectivity index (χ0n) is 9.80. The second kappa shape index (κ2) is 5.99. The van der Waals surface area contributed by atoms with Gasteiger partial charge >= 0.3 is 0 Å². The molecule has 0 spiro atoms. The summed E-state index contributed by atoms with van der Waals surface area (Å²) in [4.78, 5) is 0. The molecule has 102 valence electrons.